The van der Waals surface area contributed by atoms with Gasteiger partial charge < -0.3 is 0 Å². The molecule has 63 heavy (non-hydrogen) atoms. The van der Waals surface area contributed by atoms with E-state index in [9.17, 15) is 0 Å². The number of aryl methyl sites for hydroxylation is 1. The Hall–Kier alpha value is -6.94. The number of allylic oxidation sites excluding steroid dienone is 1. The van der Waals surface area contributed by atoms with E-state index in [1.807, 2.05) is 11.3 Å². The molecule has 2 atom stereocenters. The molecule has 1 aromatic heterocycles. The lowest BCUT2D eigenvalue weighted by Gasteiger charge is -2.31. The summed E-state index contributed by atoms with van der Waals surface area (Å²) in [7, 11) is 0. The van der Waals surface area contributed by atoms with Gasteiger partial charge in [0.05, 0.1) is 11.1 Å². The molecule has 300 valence electrons. The molecule has 3 aliphatic carbocycles. The molecule has 2 heterocycles. The molecule has 0 fully saturated rings. The Morgan fingerprint density at radius 2 is 1.16 bits per heavy atom. The lowest BCUT2D eigenvalue weighted by Crippen LogP contribution is -2.26. The van der Waals surface area contributed by atoms with Gasteiger partial charge >= 0.3 is 0 Å². The van der Waals surface area contributed by atoms with Crippen LogP contribution in [-0.2, 0) is 11.8 Å². The van der Waals surface area contributed by atoms with Crippen molar-refractivity contribution in [1.29, 1.82) is 0 Å². The highest BCUT2D eigenvalue weighted by Gasteiger charge is 2.52. The van der Waals surface area contributed by atoms with Crippen molar-refractivity contribution in [2.24, 2.45) is 15.9 Å². The maximum absolute atomic E-state index is 5.73. The lowest BCUT2D eigenvalue weighted by atomic mass is 9.70. The van der Waals surface area contributed by atoms with Gasteiger partial charge in [-0.05, 0) is 128 Å². The predicted molar refractivity (Wildman–Crippen MR) is 265 cm³/mol. The minimum absolute atomic E-state index is 0.156. The molecule has 13 rings (SSSR count). The van der Waals surface area contributed by atoms with Crippen LogP contribution in [0.1, 0.15) is 76.6 Å². The molecule has 0 saturated heterocycles. The number of rotatable bonds is 5. The Morgan fingerprint density at radius 3 is 1.90 bits per heavy atom. The number of thiophene rings is 1. The van der Waals surface area contributed by atoms with Crippen LogP contribution in [0.25, 0.3) is 59.3 Å². The third-order valence-electron chi connectivity index (χ3n) is 14.5. The van der Waals surface area contributed by atoms with Crippen molar-refractivity contribution in [1.82, 2.24) is 0 Å². The van der Waals surface area contributed by atoms with E-state index in [-0.39, 0.29) is 11.3 Å². The van der Waals surface area contributed by atoms with Crippen LogP contribution in [0.4, 0.5) is 0 Å². The number of nitrogens with zero attached hydrogens (tertiary/aromatic N) is 2. The molecule has 2 unspecified atom stereocenters. The first-order chi connectivity index (χ1) is 31.2. The van der Waals surface area contributed by atoms with Crippen molar-refractivity contribution in [3.8, 4) is 33.4 Å². The van der Waals surface area contributed by atoms with Crippen molar-refractivity contribution in [3.05, 3.63) is 233 Å². The smallest absolute Gasteiger partial charge is 0.161 e. The summed E-state index contributed by atoms with van der Waals surface area (Å²) >= 11 is 1.85. The zero-order chi connectivity index (χ0) is 41.6. The molecular weight excluding hydrogens is 781 g/mol. The maximum atomic E-state index is 5.73. The molecule has 0 bridgehead atoms. The van der Waals surface area contributed by atoms with Crippen molar-refractivity contribution < 1.29 is 0 Å². The summed E-state index contributed by atoms with van der Waals surface area (Å²) in [5.74, 6) is 1.26. The normalized spacial score (nSPS) is 17.7. The largest absolute Gasteiger partial charge is 0.237 e. The van der Waals surface area contributed by atoms with Gasteiger partial charge in [-0.25, -0.2) is 9.98 Å². The Bertz CT molecular complexity index is 3390. The average Bonchev–Trinajstić information content (AvgIpc) is 3.87. The Labute approximate surface area is 372 Å². The quantitative estimate of drug-likeness (QED) is 0.165. The first kappa shape index (κ1) is 36.7. The van der Waals surface area contributed by atoms with Crippen LogP contribution >= 0.6 is 11.3 Å². The van der Waals surface area contributed by atoms with Crippen molar-refractivity contribution >= 4 is 48.8 Å². The van der Waals surface area contributed by atoms with E-state index in [1.165, 1.54) is 92.6 Å². The summed E-state index contributed by atoms with van der Waals surface area (Å²) in [6.07, 6.45) is 6.28. The molecule has 1 spiro atoms. The Morgan fingerprint density at radius 1 is 0.540 bits per heavy atom. The minimum atomic E-state index is -0.367. The van der Waals surface area contributed by atoms with Crippen LogP contribution in [-0.4, -0.2) is 11.5 Å². The van der Waals surface area contributed by atoms with E-state index in [4.69, 9.17) is 9.98 Å². The fraction of sp³-hybridized carbons (Fsp3) is 0.133. The number of benzene rings is 8. The monoisotopic (exact) mass is 824 g/mol. The van der Waals surface area contributed by atoms with Gasteiger partial charge in [-0.1, -0.05) is 171 Å². The molecule has 0 N–H and O–H groups in total. The highest BCUT2D eigenvalue weighted by Crippen LogP contribution is 2.63. The summed E-state index contributed by atoms with van der Waals surface area (Å²) in [6, 6.07) is 68.0. The summed E-state index contributed by atoms with van der Waals surface area (Å²) < 4.78 is 2.54. The molecule has 9 aromatic rings. The molecule has 0 amide bonds. The number of aliphatic imine (C=N–C) groups is 2. The van der Waals surface area contributed by atoms with Crippen LogP contribution < -0.4 is 0 Å². The summed E-state index contributed by atoms with van der Waals surface area (Å²) in [6.45, 7) is 2.31. The molecule has 4 aliphatic rings. The number of hydrogen-bond acceptors (Lipinski definition) is 3. The van der Waals surface area contributed by atoms with Crippen LogP contribution in [0.3, 0.4) is 0 Å². The average molecular weight is 825 g/mol. The summed E-state index contributed by atoms with van der Waals surface area (Å²) in [5, 5.41) is 2.56. The first-order valence-electron chi connectivity index (χ1n) is 22.6. The first-order valence-corrected chi connectivity index (χ1v) is 23.4. The van der Waals surface area contributed by atoms with E-state index < -0.39 is 0 Å². The predicted octanol–water partition coefficient (Wildman–Crippen LogP) is 15.5. The topological polar surface area (TPSA) is 24.7 Å². The van der Waals surface area contributed by atoms with Gasteiger partial charge in [0.1, 0.15) is 0 Å². The zero-order valence-electron chi connectivity index (χ0n) is 35.2. The van der Waals surface area contributed by atoms with Gasteiger partial charge in [-0.2, -0.15) is 0 Å². The van der Waals surface area contributed by atoms with E-state index in [1.54, 1.807) is 0 Å². The Balaban J connectivity index is 0.960. The molecule has 8 aromatic carbocycles. The fourth-order valence-electron chi connectivity index (χ4n) is 11.7. The van der Waals surface area contributed by atoms with Crippen LogP contribution in [0.2, 0.25) is 0 Å². The summed E-state index contributed by atoms with van der Waals surface area (Å²) in [5.41, 5.74) is 20.7. The van der Waals surface area contributed by atoms with E-state index in [2.05, 4.69) is 195 Å². The fourth-order valence-corrected chi connectivity index (χ4v) is 12.9. The number of amidine groups is 1. The van der Waals surface area contributed by atoms with Crippen LogP contribution in [0.5, 0.6) is 0 Å². The standard InChI is InChI=1S/C60H44N2S/c1-2-37-34-56(38-17-4-3-5-18-38)62-59(48-26-16-25-47-46-24-11-15-30-57(46)63-58(47)48)61-55(37)35-40-32-31-39-33-50-45-23-10-14-29-53(45)60(54(50)36-49(39)42-20-7-6-19-41(40)42)51-27-12-8-21-43(51)44-22-9-13-28-52(44)60/h3-30,33-34,36-37,40H,2,31-32,35H2,1H3. The van der Waals surface area contributed by atoms with Gasteiger partial charge in [0.25, 0.3) is 0 Å². The number of hydrogen-bond donors (Lipinski definition) is 0. The van der Waals surface area contributed by atoms with Gasteiger partial charge in [-0.3, -0.25) is 0 Å². The van der Waals surface area contributed by atoms with Gasteiger partial charge in [0.2, 0.25) is 0 Å². The molecule has 2 nitrogen and oxygen atoms in total. The van der Waals surface area contributed by atoms with Gasteiger partial charge in [-0.15, -0.1) is 11.3 Å². The van der Waals surface area contributed by atoms with Crippen LogP contribution in [0.15, 0.2) is 198 Å². The number of fused-ring (bicyclic) bond motifs is 16. The third kappa shape index (κ3) is 5.42. The second kappa shape index (κ2) is 14.3. The van der Waals surface area contributed by atoms with Gasteiger partial charge in [0, 0.05) is 37.4 Å². The molecule has 3 heteroatoms. The maximum Gasteiger partial charge on any atom is 0.161 e. The SMILES string of the molecule is CCC1C=C(c2ccccc2)N=C(c2cccc3c2sc2ccccc23)N=C1CC1CCc2cc3c(cc2-c2ccccc21)C1(c2ccccc2-c2ccccc21)c1ccccc1-3. The van der Waals surface area contributed by atoms with Crippen molar-refractivity contribution in [2.45, 2.75) is 43.9 Å². The minimum Gasteiger partial charge on any atom is -0.237 e. The lowest BCUT2D eigenvalue weighted by molar-refractivity contribution is 0.638. The highest BCUT2D eigenvalue weighted by molar-refractivity contribution is 7.26. The summed E-state index contributed by atoms with van der Waals surface area (Å²) in [4.78, 5) is 11.2. The van der Waals surface area contributed by atoms with Crippen molar-refractivity contribution in [3.63, 3.8) is 0 Å². The molecule has 1 aliphatic heterocycles. The van der Waals surface area contributed by atoms with E-state index in [0.717, 1.165) is 48.3 Å². The Kier molecular flexibility index (Phi) is 8.33. The van der Waals surface area contributed by atoms with E-state index >= 15 is 0 Å². The third-order valence-corrected chi connectivity index (χ3v) is 15.8. The zero-order valence-corrected chi connectivity index (χ0v) is 36.0. The second-order valence-corrected chi connectivity index (χ2v) is 18.8. The van der Waals surface area contributed by atoms with Gasteiger partial charge in [0.15, 0.2) is 5.84 Å². The van der Waals surface area contributed by atoms with Crippen molar-refractivity contribution in [2.75, 3.05) is 0 Å². The molecule has 0 saturated carbocycles. The van der Waals surface area contributed by atoms with Crippen LogP contribution in [0, 0.1) is 5.92 Å². The van der Waals surface area contributed by atoms with E-state index in [0.29, 0.717) is 5.92 Å². The molecular formula is C60H44N2S. The molecule has 0 radical (unpaired) electrons. The highest BCUT2D eigenvalue weighted by atomic mass is 32.1. The second-order valence-electron chi connectivity index (χ2n) is 17.7.